The second-order valence-electron chi connectivity index (χ2n) is 6.22. The summed E-state index contributed by atoms with van der Waals surface area (Å²) in [7, 11) is 0. The van der Waals surface area contributed by atoms with Gasteiger partial charge in [-0.3, -0.25) is 4.79 Å². The Bertz CT molecular complexity index is 699. The zero-order valence-electron chi connectivity index (χ0n) is 14.6. The number of hydrogen-bond acceptors (Lipinski definition) is 4. The van der Waals surface area contributed by atoms with Crippen molar-refractivity contribution in [1.82, 2.24) is 14.7 Å². The molecule has 1 aromatic carbocycles. The van der Waals surface area contributed by atoms with Gasteiger partial charge in [-0.2, -0.15) is 5.10 Å². The quantitative estimate of drug-likeness (QED) is 0.839. The van der Waals surface area contributed by atoms with Gasteiger partial charge in [-0.15, -0.1) is 0 Å². The van der Waals surface area contributed by atoms with E-state index < -0.39 is 0 Å². The van der Waals surface area contributed by atoms with Crippen molar-refractivity contribution in [2.75, 3.05) is 19.8 Å². The monoisotopic (exact) mass is 343 g/mol. The van der Waals surface area contributed by atoms with Gasteiger partial charge in [-0.25, -0.2) is 4.68 Å². The van der Waals surface area contributed by atoms with Gasteiger partial charge in [-0.1, -0.05) is 18.2 Å². The van der Waals surface area contributed by atoms with E-state index in [1.165, 1.54) is 0 Å². The van der Waals surface area contributed by atoms with Gasteiger partial charge in [0.15, 0.2) is 11.4 Å². The number of aromatic nitrogens is 2. The normalized spacial score (nSPS) is 17.0. The molecular weight excluding hydrogens is 318 g/mol. The molecule has 134 valence electrons. The number of nitrogens with zero attached hydrogens (tertiary/aromatic N) is 3. The summed E-state index contributed by atoms with van der Waals surface area (Å²) < 4.78 is 7.36. The average Bonchev–Trinajstić information content (AvgIpc) is 3.27. The van der Waals surface area contributed by atoms with Crippen LogP contribution in [0.5, 0.6) is 5.75 Å². The van der Waals surface area contributed by atoms with Gasteiger partial charge >= 0.3 is 0 Å². The Morgan fingerprint density at radius 3 is 2.88 bits per heavy atom. The zero-order valence-corrected chi connectivity index (χ0v) is 14.6. The first-order chi connectivity index (χ1) is 12.2. The van der Waals surface area contributed by atoms with Crippen LogP contribution in [0.3, 0.4) is 0 Å². The summed E-state index contributed by atoms with van der Waals surface area (Å²) >= 11 is 0. The first-order valence-corrected chi connectivity index (χ1v) is 8.94. The lowest BCUT2D eigenvalue weighted by molar-refractivity contribution is 0.0714. The van der Waals surface area contributed by atoms with Crippen LogP contribution in [-0.4, -0.2) is 51.5 Å². The molecular formula is C19H25N3O3. The van der Waals surface area contributed by atoms with Crippen molar-refractivity contribution in [1.29, 1.82) is 0 Å². The molecule has 2 aromatic rings. The molecule has 1 aliphatic rings. The standard InChI is InChI=1S/C19H25N3O3/c1-2-25-17-14-22(16-8-4-3-5-9-16)20-18(17)19(24)21-12-6-10-15(21)11-7-13-23/h3-5,8-9,14-15,23H,2,6-7,10-13H2,1H3. The second-order valence-corrected chi connectivity index (χ2v) is 6.22. The van der Waals surface area contributed by atoms with E-state index in [1.807, 2.05) is 42.2 Å². The summed E-state index contributed by atoms with van der Waals surface area (Å²) in [6, 6.07) is 9.87. The fourth-order valence-electron chi connectivity index (χ4n) is 3.35. The van der Waals surface area contributed by atoms with Crippen LogP contribution in [0.25, 0.3) is 5.69 Å². The number of rotatable bonds is 7. The molecule has 3 rings (SSSR count). The molecule has 1 aliphatic heterocycles. The fraction of sp³-hybridized carbons (Fsp3) is 0.474. The van der Waals surface area contributed by atoms with Gasteiger partial charge in [0.2, 0.25) is 0 Å². The number of hydrogen-bond donors (Lipinski definition) is 1. The maximum absolute atomic E-state index is 13.1. The number of carbonyl (C=O) groups excluding carboxylic acids is 1. The van der Waals surface area contributed by atoms with Gasteiger partial charge in [0.25, 0.3) is 5.91 Å². The molecule has 1 unspecified atom stereocenters. The maximum atomic E-state index is 13.1. The third-order valence-corrected chi connectivity index (χ3v) is 4.54. The number of para-hydroxylation sites is 1. The van der Waals surface area contributed by atoms with Gasteiger partial charge in [0.1, 0.15) is 0 Å². The van der Waals surface area contributed by atoms with Crippen LogP contribution < -0.4 is 4.74 Å². The SMILES string of the molecule is CCOc1cn(-c2ccccc2)nc1C(=O)N1CCCC1CCCO. The summed E-state index contributed by atoms with van der Waals surface area (Å²) in [5.41, 5.74) is 1.25. The summed E-state index contributed by atoms with van der Waals surface area (Å²) in [6.45, 7) is 3.27. The lowest BCUT2D eigenvalue weighted by Crippen LogP contribution is -2.36. The minimum Gasteiger partial charge on any atom is -0.490 e. The van der Waals surface area contributed by atoms with Gasteiger partial charge < -0.3 is 14.7 Å². The Kier molecular flexibility index (Phi) is 5.71. The van der Waals surface area contributed by atoms with Crippen molar-refractivity contribution >= 4 is 5.91 Å². The van der Waals surface area contributed by atoms with E-state index in [4.69, 9.17) is 9.84 Å². The van der Waals surface area contributed by atoms with Crippen molar-refractivity contribution in [3.8, 4) is 11.4 Å². The Labute approximate surface area is 148 Å². The Balaban J connectivity index is 1.87. The molecule has 1 N–H and O–H groups in total. The molecule has 1 saturated heterocycles. The molecule has 0 aliphatic carbocycles. The van der Waals surface area contributed by atoms with Crippen molar-refractivity contribution in [2.45, 2.75) is 38.6 Å². The smallest absolute Gasteiger partial charge is 0.278 e. The number of aliphatic hydroxyl groups excluding tert-OH is 1. The summed E-state index contributed by atoms with van der Waals surface area (Å²) in [4.78, 5) is 15.0. The van der Waals surface area contributed by atoms with E-state index in [0.29, 0.717) is 24.5 Å². The summed E-state index contributed by atoms with van der Waals surface area (Å²) in [5, 5.41) is 13.6. The minimum absolute atomic E-state index is 0.0847. The van der Waals surface area contributed by atoms with Crippen LogP contribution in [0.4, 0.5) is 0 Å². The van der Waals surface area contributed by atoms with Gasteiger partial charge in [-0.05, 0) is 44.7 Å². The molecule has 1 amide bonds. The molecule has 0 radical (unpaired) electrons. The highest BCUT2D eigenvalue weighted by atomic mass is 16.5. The number of amides is 1. The van der Waals surface area contributed by atoms with Crippen LogP contribution in [-0.2, 0) is 0 Å². The summed E-state index contributed by atoms with van der Waals surface area (Å²) in [5.74, 6) is 0.433. The predicted molar refractivity (Wildman–Crippen MR) is 95.1 cm³/mol. The van der Waals surface area contributed by atoms with Gasteiger partial charge in [0, 0.05) is 19.2 Å². The van der Waals surface area contributed by atoms with Crippen LogP contribution in [0.2, 0.25) is 0 Å². The Morgan fingerprint density at radius 1 is 1.36 bits per heavy atom. The molecule has 1 aromatic heterocycles. The second kappa shape index (κ2) is 8.16. The fourth-order valence-corrected chi connectivity index (χ4v) is 3.35. The van der Waals surface area contributed by atoms with E-state index in [2.05, 4.69) is 5.10 Å². The summed E-state index contributed by atoms with van der Waals surface area (Å²) in [6.07, 6.45) is 5.28. The molecule has 6 heteroatoms. The highest BCUT2D eigenvalue weighted by molar-refractivity contribution is 5.95. The molecule has 2 heterocycles. The highest BCUT2D eigenvalue weighted by Crippen LogP contribution is 2.27. The van der Waals surface area contributed by atoms with Crippen LogP contribution in [0.15, 0.2) is 36.5 Å². The Hall–Kier alpha value is -2.34. The molecule has 0 saturated carbocycles. The average molecular weight is 343 g/mol. The van der Waals surface area contributed by atoms with Crippen molar-refractivity contribution in [3.63, 3.8) is 0 Å². The van der Waals surface area contributed by atoms with Gasteiger partial charge in [0.05, 0.1) is 18.5 Å². The van der Waals surface area contributed by atoms with Crippen LogP contribution in [0.1, 0.15) is 43.1 Å². The van der Waals surface area contributed by atoms with Crippen molar-refractivity contribution < 1.29 is 14.6 Å². The molecule has 6 nitrogen and oxygen atoms in total. The van der Waals surface area contributed by atoms with Crippen LogP contribution in [0, 0.1) is 0 Å². The van der Waals surface area contributed by atoms with Crippen molar-refractivity contribution in [3.05, 3.63) is 42.2 Å². The number of benzene rings is 1. The number of ether oxygens (including phenoxy) is 1. The highest BCUT2D eigenvalue weighted by Gasteiger charge is 2.32. The van der Waals surface area contributed by atoms with E-state index in [-0.39, 0.29) is 18.6 Å². The molecule has 1 fully saturated rings. The third kappa shape index (κ3) is 3.85. The molecule has 0 spiro atoms. The van der Waals surface area contributed by atoms with Crippen LogP contribution >= 0.6 is 0 Å². The number of aliphatic hydroxyl groups is 1. The Morgan fingerprint density at radius 2 is 2.16 bits per heavy atom. The molecule has 25 heavy (non-hydrogen) atoms. The predicted octanol–water partition coefficient (Wildman–Crippen LogP) is 2.65. The number of carbonyl (C=O) groups is 1. The van der Waals surface area contributed by atoms with E-state index in [1.54, 1.807) is 10.9 Å². The largest absolute Gasteiger partial charge is 0.490 e. The lowest BCUT2D eigenvalue weighted by atomic mass is 10.1. The minimum atomic E-state index is -0.0847. The maximum Gasteiger partial charge on any atom is 0.278 e. The first-order valence-electron chi connectivity index (χ1n) is 8.94. The van der Waals surface area contributed by atoms with E-state index >= 15 is 0 Å². The van der Waals surface area contributed by atoms with E-state index in [9.17, 15) is 4.79 Å². The topological polar surface area (TPSA) is 67.6 Å². The number of likely N-dealkylation sites (tertiary alicyclic amines) is 1. The van der Waals surface area contributed by atoms with Crippen molar-refractivity contribution in [2.24, 2.45) is 0 Å². The van der Waals surface area contributed by atoms with E-state index in [0.717, 1.165) is 31.5 Å². The molecule has 0 bridgehead atoms. The third-order valence-electron chi connectivity index (χ3n) is 4.54. The molecule has 1 atom stereocenters. The zero-order chi connectivity index (χ0) is 17.6. The lowest BCUT2D eigenvalue weighted by Gasteiger charge is -2.24. The first kappa shape index (κ1) is 17.5.